The van der Waals surface area contributed by atoms with Gasteiger partial charge in [0.2, 0.25) is 0 Å². The topological polar surface area (TPSA) is 15.3 Å². The second-order valence-electron chi connectivity index (χ2n) is 4.61. The lowest BCUT2D eigenvalue weighted by atomic mass is 10.1. The van der Waals surface area contributed by atoms with Gasteiger partial charge in [-0.3, -0.25) is 0 Å². The Hall–Kier alpha value is -1.30. The van der Waals surface area contributed by atoms with Crippen LogP contribution in [0.3, 0.4) is 0 Å². The first-order valence-electron chi connectivity index (χ1n) is 6.01. The van der Waals surface area contributed by atoms with Crippen molar-refractivity contribution in [1.82, 2.24) is 5.32 Å². The molecule has 6 heteroatoms. The van der Waals surface area contributed by atoms with Crippen LogP contribution in [0.25, 0.3) is 0 Å². The summed E-state index contributed by atoms with van der Waals surface area (Å²) in [7, 11) is 1.66. The number of hydrogen-bond donors (Lipinski definition) is 1. The van der Waals surface area contributed by atoms with E-state index in [0.29, 0.717) is 12.1 Å². The van der Waals surface area contributed by atoms with E-state index in [1.165, 1.54) is 12.1 Å². The lowest BCUT2D eigenvalue weighted by Gasteiger charge is -2.32. The Kier molecular flexibility index (Phi) is 5.17. The summed E-state index contributed by atoms with van der Waals surface area (Å²) >= 11 is 0. The van der Waals surface area contributed by atoms with Crippen LogP contribution in [0, 0.1) is 5.82 Å². The molecule has 0 aliphatic rings. The number of alkyl halides is 3. The molecule has 0 bridgehead atoms. The molecule has 0 radical (unpaired) electrons. The van der Waals surface area contributed by atoms with Gasteiger partial charge < -0.3 is 10.2 Å². The van der Waals surface area contributed by atoms with Gasteiger partial charge in [-0.05, 0) is 32.5 Å². The molecule has 0 heterocycles. The summed E-state index contributed by atoms with van der Waals surface area (Å²) < 4.78 is 51.8. The lowest BCUT2D eigenvalue weighted by Crippen LogP contribution is -2.40. The monoisotopic (exact) mass is 278 g/mol. The summed E-state index contributed by atoms with van der Waals surface area (Å²) in [6.07, 6.45) is -4.37. The number of nitrogens with zero attached hydrogens (tertiary/aromatic N) is 1. The SMILES string of the molecule is CNCc1cccc(F)c1N(CC(F)(F)F)C(C)C. The van der Waals surface area contributed by atoms with Crippen molar-refractivity contribution in [2.24, 2.45) is 0 Å². The summed E-state index contributed by atoms with van der Waals surface area (Å²) in [4.78, 5) is 1.04. The standard InChI is InChI=1S/C13H18F4N2/c1-9(2)19(8-13(15,16)17)12-10(7-18-3)5-4-6-11(12)14/h4-6,9,18H,7-8H2,1-3H3. The van der Waals surface area contributed by atoms with E-state index in [0.717, 1.165) is 4.90 Å². The molecule has 0 fully saturated rings. The number of hydrogen-bond acceptors (Lipinski definition) is 2. The van der Waals surface area contributed by atoms with E-state index >= 15 is 0 Å². The second-order valence-corrected chi connectivity index (χ2v) is 4.61. The van der Waals surface area contributed by atoms with E-state index < -0.39 is 24.6 Å². The molecule has 1 rings (SSSR count). The summed E-state index contributed by atoms with van der Waals surface area (Å²) in [6, 6.07) is 3.85. The van der Waals surface area contributed by atoms with Gasteiger partial charge in [0.05, 0.1) is 5.69 Å². The Morgan fingerprint density at radius 2 is 1.89 bits per heavy atom. The van der Waals surface area contributed by atoms with Crippen LogP contribution in [0.15, 0.2) is 18.2 Å². The molecule has 0 unspecified atom stereocenters. The van der Waals surface area contributed by atoms with Gasteiger partial charge >= 0.3 is 6.18 Å². The number of para-hydroxylation sites is 1. The van der Waals surface area contributed by atoms with Crippen LogP contribution in [-0.2, 0) is 6.54 Å². The van der Waals surface area contributed by atoms with E-state index in [9.17, 15) is 17.6 Å². The molecule has 0 saturated carbocycles. The van der Waals surface area contributed by atoms with E-state index in [-0.39, 0.29) is 5.69 Å². The fourth-order valence-corrected chi connectivity index (χ4v) is 1.93. The molecule has 0 saturated heterocycles. The third-order valence-electron chi connectivity index (χ3n) is 2.70. The number of nitrogens with one attached hydrogen (secondary N) is 1. The van der Waals surface area contributed by atoms with Crippen LogP contribution in [0.2, 0.25) is 0 Å². The Morgan fingerprint density at radius 3 is 2.37 bits per heavy atom. The molecule has 1 aromatic carbocycles. The molecule has 108 valence electrons. The third-order valence-corrected chi connectivity index (χ3v) is 2.70. The minimum Gasteiger partial charge on any atom is -0.357 e. The number of halogens is 4. The Balaban J connectivity index is 3.21. The Morgan fingerprint density at radius 1 is 1.26 bits per heavy atom. The van der Waals surface area contributed by atoms with Crippen molar-refractivity contribution in [3.63, 3.8) is 0 Å². The van der Waals surface area contributed by atoms with Crippen LogP contribution in [0.1, 0.15) is 19.4 Å². The maximum atomic E-state index is 13.9. The molecule has 0 amide bonds. The van der Waals surface area contributed by atoms with Crippen LogP contribution in [-0.4, -0.2) is 25.8 Å². The summed E-state index contributed by atoms with van der Waals surface area (Å²) in [5.74, 6) is -0.634. The average Bonchev–Trinajstić information content (AvgIpc) is 2.26. The number of anilines is 1. The third kappa shape index (κ3) is 4.38. The largest absolute Gasteiger partial charge is 0.405 e. The summed E-state index contributed by atoms with van der Waals surface area (Å²) in [6.45, 7) is 2.37. The van der Waals surface area contributed by atoms with Crippen LogP contribution < -0.4 is 10.2 Å². The first kappa shape index (κ1) is 15.8. The zero-order valence-corrected chi connectivity index (χ0v) is 11.2. The van der Waals surface area contributed by atoms with Crippen molar-refractivity contribution in [3.05, 3.63) is 29.6 Å². The van der Waals surface area contributed by atoms with Gasteiger partial charge in [-0.25, -0.2) is 4.39 Å². The lowest BCUT2D eigenvalue weighted by molar-refractivity contribution is -0.120. The highest BCUT2D eigenvalue weighted by atomic mass is 19.4. The summed E-state index contributed by atoms with van der Waals surface area (Å²) in [5, 5.41) is 2.83. The van der Waals surface area contributed by atoms with E-state index in [1.807, 2.05) is 0 Å². The second kappa shape index (κ2) is 6.23. The highest BCUT2D eigenvalue weighted by molar-refractivity contribution is 5.55. The molecule has 0 spiro atoms. The van der Waals surface area contributed by atoms with Crippen molar-refractivity contribution in [3.8, 4) is 0 Å². The van der Waals surface area contributed by atoms with Gasteiger partial charge in [0.25, 0.3) is 0 Å². The van der Waals surface area contributed by atoms with Crippen LogP contribution >= 0.6 is 0 Å². The minimum atomic E-state index is -4.37. The molecule has 0 aromatic heterocycles. The zero-order valence-electron chi connectivity index (χ0n) is 11.2. The van der Waals surface area contributed by atoms with Crippen molar-refractivity contribution in [1.29, 1.82) is 0 Å². The maximum absolute atomic E-state index is 13.9. The van der Waals surface area contributed by atoms with Crippen molar-refractivity contribution < 1.29 is 17.6 Å². The number of rotatable bonds is 5. The van der Waals surface area contributed by atoms with Crippen molar-refractivity contribution in [2.75, 3.05) is 18.5 Å². The predicted molar refractivity (Wildman–Crippen MR) is 67.7 cm³/mol. The van der Waals surface area contributed by atoms with Crippen LogP contribution in [0.5, 0.6) is 0 Å². The smallest absolute Gasteiger partial charge is 0.357 e. The predicted octanol–water partition coefficient (Wildman–Crippen LogP) is 3.32. The Labute approximate surface area is 110 Å². The number of benzene rings is 1. The summed E-state index contributed by atoms with van der Waals surface area (Å²) in [5.41, 5.74) is 0.532. The average molecular weight is 278 g/mol. The van der Waals surface area contributed by atoms with Crippen molar-refractivity contribution >= 4 is 5.69 Å². The zero-order chi connectivity index (χ0) is 14.6. The minimum absolute atomic E-state index is 0.0178. The molecular weight excluding hydrogens is 260 g/mol. The van der Waals surface area contributed by atoms with E-state index in [2.05, 4.69) is 5.32 Å². The Bertz CT molecular complexity index is 416. The normalized spacial score (nSPS) is 12.0. The molecular formula is C13H18F4N2. The highest BCUT2D eigenvalue weighted by Gasteiger charge is 2.33. The molecule has 2 nitrogen and oxygen atoms in total. The molecule has 19 heavy (non-hydrogen) atoms. The highest BCUT2D eigenvalue weighted by Crippen LogP contribution is 2.29. The molecule has 1 aromatic rings. The molecule has 0 aliphatic heterocycles. The van der Waals surface area contributed by atoms with E-state index in [4.69, 9.17) is 0 Å². The fraction of sp³-hybridized carbons (Fsp3) is 0.538. The first-order chi connectivity index (χ1) is 8.76. The van der Waals surface area contributed by atoms with Gasteiger partial charge in [0, 0.05) is 12.6 Å². The van der Waals surface area contributed by atoms with Gasteiger partial charge in [0.15, 0.2) is 0 Å². The van der Waals surface area contributed by atoms with Gasteiger partial charge in [-0.15, -0.1) is 0 Å². The van der Waals surface area contributed by atoms with Crippen LogP contribution in [0.4, 0.5) is 23.2 Å². The van der Waals surface area contributed by atoms with Gasteiger partial charge in [0.1, 0.15) is 12.4 Å². The van der Waals surface area contributed by atoms with Gasteiger partial charge in [-0.1, -0.05) is 12.1 Å². The first-order valence-corrected chi connectivity index (χ1v) is 6.01. The van der Waals surface area contributed by atoms with Crippen molar-refractivity contribution in [2.45, 2.75) is 32.6 Å². The molecule has 1 N–H and O–H groups in total. The molecule has 0 atom stereocenters. The molecule has 0 aliphatic carbocycles. The fourth-order valence-electron chi connectivity index (χ4n) is 1.93. The maximum Gasteiger partial charge on any atom is 0.405 e. The quantitative estimate of drug-likeness (QED) is 0.831. The van der Waals surface area contributed by atoms with E-state index in [1.54, 1.807) is 27.0 Å². The van der Waals surface area contributed by atoms with Gasteiger partial charge in [-0.2, -0.15) is 13.2 Å².